The minimum absolute atomic E-state index is 0.0427. The maximum atomic E-state index is 11.8. The van der Waals surface area contributed by atoms with Crippen molar-refractivity contribution in [1.82, 2.24) is 4.72 Å². The zero-order valence-electron chi connectivity index (χ0n) is 10.9. The molecule has 1 aromatic heterocycles. The minimum Gasteiger partial charge on any atom is -0.224 e. The zero-order valence-corrected chi connectivity index (χ0v) is 13.4. The summed E-state index contributed by atoms with van der Waals surface area (Å²) in [6, 6.07) is 2.96. The highest BCUT2D eigenvalue weighted by molar-refractivity contribution is 7.91. The molecule has 0 aromatic carbocycles. The highest BCUT2D eigenvalue weighted by Crippen LogP contribution is 2.29. The predicted octanol–water partition coefficient (Wildman–Crippen LogP) is 1.01. The molecule has 1 saturated carbocycles. The number of thiophene rings is 1. The molecule has 1 aliphatic carbocycles. The number of nitrogens with one attached hydrogen (secondary N) is 1. The van der Waals surface area contributed by atoms with Crippen molar-refractivity contribution >= 4 is 31.4 Å². The lowest BCUT2D eigenvalue weighted by Crippen LogP contribution is -2.27. The molecule has 1 heterocycles. The van der Waals surface area contributed by atoms with Gasteiger partial charge in [-0.1, -0.05) is 19.3 Å². The lowest BCUT2D eigenvalue weighted by atomic mass is 9.84. The van der Waals surface area contributed by atoms with Gasteiger partial charge in [-0.25, -0.2) is 26.7 Å². The molecular formula is C11H18N2O4S3. The summed E-state index contributed by atoms with van der Waals surface area (Å²) in [7, 11) is -7.01. The molecule has 2 rings (SSSR count). The van der Waals surface area contributed by atoms with E-state index in [4.69, 9.17) is 5.14 Å². The third-order valence-electron chi connectivity index (χ3n) is 3.40. The van der Waals surface area contributed by atoms with E-state index in [-0.39, 0.29) is 16.5 Å². The molecule has 0 saturated heterocycles. The third kappa shape index (κ3) is 4.52. The summed E-state index contributed by atoms with van der Waals surface area (Å²) in [6.07, 6.45) is 4.14. The van der Waals surface area contributed by atoms with Gasteiger partial charge in [0.2, 0.25) is 20.0 Å². The van der Waals surface area contributed by atoms with Crippen molar-refractivity contribution in [3.05, 3.63) is 17.0 Å². The van der Waals surface area contributed by atoms with Crippen LogP contribution in [0.1, 0.15) is 30.6 Å². The Morgan fingerprint density at radius 2 is 1.95 bits per heavy atom. The molecule has 1 aromatic rings. The van der Waals surface area contributed by atoms with Crippen LogP contribution in [0.4, 0.5) is 0 Å². The molecule has 114 valence electrons. The first-order chi connectivity index (χ1) is 9.26. The SMILES string of the molecule is NS(=O)(=O)c1ccc(CNS(=O)(=O)CCC2CCC2)s1. The van der Waals surface area contributed by atoms with Gasteiger partial charge in [0.1, 0.15) is 4.21 Å². The van der Waals surface area contributed by atoms with E-state index < -0.39 is 20.0 Å². The molecule has 0 atom stereocenters. The maximum Gasteiger partial charge on any atom is 0.247 e. The molecular weight excluding hydrogens is 320 g/mol. The van der Waals surface area contributed by atoms with Crippen LogP contribution < -0.4 is 9.86 Å². The lowest BCUT2D eigenvalue weighted by molar-refractivity contribution is 0.307. The van der Waals surface area contributed by atoms with Crippen LogP contribution in [0.25, 0.3) is 0 Å². The van der Waals surface area contributed by atoms with Gasteiger partial charge in [0.05, 0.1) is 5.75 Å². The largest absolute Gasteiger partial charge is 0.247 e. The Morgan fingerprint density at radius 1 is 1.25 bits per heavy atom. The fourth-order valence-electron chi connectivity index (χ4n) is 1.96. The molecule has 0 radical (unpaired) electrons. The molecule has 20 heavy (non-hydrogen) atoms. The second-order valence-electron chi connectivity index (χ2n) is 4.99. The average molecular weight is 338 g/mol. The molecule has 0 amide bonds. The van der Waals surface area contributed by atoms with Gasteiger partial charge < -0.3 is 0 Å². The van der Waals surface area contributed by atoms with Crippen molar-refractivity contribution in [2.45, 2.75) is 36.4 Å². The van der Waals surface area contributed by atoms with Crippen molar-refractivity contribution in [3.63, 3.8) is 0 Å². The Morgan fingerprint density at radius 3 is 2.45 bits per heavy atom. The Labute approximate surface area is 123 Å². The van der Waals surface area contributed by atoms with Crippen molar-refractivity contribution in [3.8, 4) is 0 Å². The van der Waals surface area contributed by atoms with Gasteiger partial charge in [-0.05, 0) is 24.5 Å². The van der Waals surface area contributed by atoms with Crippen LogP contribution in [-0.4, -0.2) is 22.6 Å². The first-order valence-electron chi connectivity index (χ1n) is 6.35. The van der Waals surface area contributed by atoms with Crippen molar-refractivity contribution in [2.24, 2.45) is 11.1 Å². The number of nitrogens with two attached hydrogens (primary N) is 1. The molecule has 0 bridgehead atoms. The second kappa shape index (κ2) is 6.10. The average Bonchev–Trinajstić information content (AvgIpc) is 2.72. The van der Waals surface area contributed by atoms with E-state index in [2.05, 4.69) is 4.72 Å². The van der Waals surface area contributed by atoms with E-state index in [0.29, 0.717) is 17.2 Å². The van der Waals surface area contributed by atoms with Gasteiger partial charge in [0.25, 0.3) is 0 Å². The number of rotatable bonds is 7. The molecule has 1 fully saturated rings. The van der Waals surface area contributed by atoms with Crippen LogP contribution in [0.5, 0.6) is 0 Å². The Kier molecular flexibility index (Phi) is 4.85. The van der Waals surface area contributed by atoms with E-state index in [1.165, 1.54) is 12.5 Å². The molecule has 0 unspecified atom stereocenters. The van der Waals surface area contributed by atoms with Crippen LogP contribution in [0.15, 0.2) is 16.3 Å². The smallest absolute Gasteiger partial charge is 0.224 e. The molecule has 6 nitrogen and oxygen atoms in total. The van der Waals surface area contributed by atoms with Gasteiger partial charge in [0, 0.05) is 11.4 Å². The van der Waals surface area contributed by atoms with Gasteiger partial charge in [-0.2, -0.15) is 0 Å². The fraction of sp³-hybridized carbons (Fsp3) is 0.636. The number of hydrogen-bond donors (Lipinski definition) is 2. The van der Waals surface area contributed by atoms with Gasteiger partial charge in [0.15, 0.2) is 0 Å². The summed E-state index contributed by atoms with van der Waals surface area (Å²) < 4.78 is 48.4. The summed E-state index contributed by atoms with van der Waals surface area (Å²) in [4.78, 5) is 0.626. The van der Waals surface area contributed by atoms with Gasteiger partial charge in [-0.15, -0.1) is 11.3 Å². The normalized spacial score (nSPS) is 17.1. The number of sulfonamides is 2. The zero-order chi connectivity index (χ0) is 14.8. The predicted molar refractivity (Wildman–Crippen MR) is 78.3 cm³/mol. The van der Waals surface area contributed by atoms with E-state index >= 15 is 0 Å². The summed E-state index contributed by atoms with van der Waals surface area (Å²) in [5.41, 5.74) is 0. The fourth-order valence-corrected chi connectivity index (χ4v) is 4.94. The lowest BCUT2D eigenvalue weighted by Gasteiger charge is -2.24. The monoisotopic (exact) mass is 338 g/mol. The van der Waals surface area contributed by atoms with Crippen molar-refractivity contribution in [2.75, 3.05) is 5.75 Å². The summed E-state index contributed by atoms with van der Waals surface area (Å²) in [5, 5.41) is 5.00. The number of primary sulfonamides is 1. The van der Waals surface area contributed by atoms with Crippen molar-refractivity contribution in [1.29, 1.82) is 0 Å². The minimum atomic E-state index is -3.71. The Hall–Kier alpha value is -0.480. The summed E-state index contributed by atoms with van der Waals surface area (Å²) in [6.45, 7) is 0.104. The van der Waals surface area contributed by atoms with Crippen LogP contribution in [0.3, 0.4) is 0 Å². The molecule has 3 N–H and O–H groups in total. The van der Waals surface area contributed by atoms with Crippen LogP contribution in [0.2, 0.25) is 0 Å². The van der Waals surface area contributed by atoms with Crippen LogP contribution in [-0.2, 0) is 26.6 Å². The highest BCUT2D eigenvalue weighted by Gasteiger charge is 2.21. The van der Waals surface area contributed by atoms with Crippen LogP contribution >= 0.6 is 11.3 Å². The highest BCUT2D eigenvalue weighted by atomic mass is 32.2. The van der Waals surface area contributed by atoms with E-state index in [9.17, 15) is 16.8 Å². The van der Waals surface area contributed by atoms with E-state index in [0.717, 1.165) is 24.2 Å². The number of hydrogen-bond acceptors (Lipinski definition) is 5. The van der Waals surface area contributed by atoms with E-state index in [1.54, 1.807) is 6.07 Å². The third-order valence-corrected chi connectivity index (χ3v) is 7.28. The molecule has 0 aliphatic heterocycles. The van der Waals surface area contributed by atoms with Crippen molar-refractivity contribution < 1.29 is 16.8 Å². The summed E-state index contributed by atoms with van der Waals surface area (Å²) >= 11 is 0.981. The standard InChI is InChI=1S/C11H18N2O4S3/c12-20(16,17)11-5-4-10(18-11)8-13-19(14,15)7-6-9-2-1-3-9/h4-5,9,13H,1-3,6-8H2,(H2,12,16,17). The van der Waals surface area contributed by atoms with Crippen LogP contribution in [0, 0.1) is 5.92 Å². The summed E-state index contributed by atoms with van der Waals surface area (Å²) in [5.74, 6) is 0.674. The molecule has 0 spiro atoms. The first kappa shape index (κ1) is 15.9. The maximum absolute atomic E-state index is 11.8. The van der Waals surface area contributed by atoms with Gasteiger partial charge >= 0.3 is 0 Å². The van der Waals surface area contributed by atoms with Gasteiger partial charge in [-0.3, -0.25) is 0 Å². The Bertz CT molecular complexity index is 660. The Balaban J connectivity index is 1.85. The molecule has 1 aliphatic rings. The quantitative estimate of drug-likeness (QED) is 0.773. The second-order valence-corrected chi connectivity index (χ2v) is 9.87. The first-order valence-corrected chi connectivity index (χ1v) is 10.4. The van der Waals surface area contributed by atoms with E-state index in [1.807, 2.05) is 0 Å². The topological polar surface area (TPSA) is 106 Å². The molecule has 9 heteroatoms.